The van der Waals surface area contributed by atoms with Gasteiger partial charge in [0.15, 0.2) is 0 Å². The van der Waals surface area contributed by atoms with Crippen LogP contribution in [0.3, 0.4) is 0 Å². The van der Waals surface area contributed by atoms with Crippen LogP contribution in [0, 0.1) is 26.2 Å². The topological polar surface area (TPSA) is 66.4 Å². The minimum Gasteiger partial charge on any atom is -0.480 e. The van der Waals surface area contributed by atoms with Gasteiger partial charge in [0.2, 0.25) is 5.91 Å². The van der Waals surface area contributed by atoms with Crippen molar-refractivity contribution in [3.63, 3.8) is 0 Å². The van der Waals surface area contributed by atoms with Crippen molar-refractivity contribution < 1.29 is 14.7 Å². The summed E-state index contributed by atoms with van der Waals surface area (Å²) in [7, 11) is 0. The maximum absolute atomic E-state index is 11.9. The molecule has 0 fully saturated rings. The van der Waals surface area contributed by atoms with E-state index >= 15 is 0 Å². The number of benzene rings is 1. The number of nitrogens with one attached hydrogen (secondary N) is 1. The smallest absolute Gasteiger partial charge is 0.318 e. The summed E-state index contributed by atoms with van der Waals surface area (Å²) in [5.41, 5.74) is 3.06. The first-order valence-corrected chi connectivity index (χ1v) is 6.24. The molecule has 0 bridgehead atoms. The number of aliphatic carboxylic acids is 1. The van der Waals surface area contributed by atoms with Gasteiger partial charge in [0.25, 0.3) is 0 Å². The van der Waals surface area contributed by atoms with Crippen LogP contribution in [0.4, 0.5) is 0 Å². The highest BCUT2D eigenvalue weighted by Crippen LogP contribution is 2.18. The van der Waals surface area contributed by atoms with Gasteiger partial charge in [-0.2, -0.15) is 0 Å². The van der Waals surface area contributed by atoms with Crippen molar-refractivity contribution in [2.75, 3.05) is 0 Å². The molecule has 0 spiro atoms. The second kappa shape index (κ2) is 5.43. The Morgan fingerprint density at radius 2 is 1.63 bits per heavy atom. The van der Waals surface area contributed by atoms with Crippen LogP contribution < -0.4 is 5.32 Å². The molecule has 1 aromatic rings. The molecular weight excluding hydrogens is 242 g/mol. The first-order chi connectivity index (χ1) is 8.66. The highest BCUT2D eigenvalue weighted by atomic mass is 16.4. The van der Waals surface area contributed by atoms with Gasteiger partial charge in [-0.25, -0.2) is 0 Å². The van der Waals surface area contributed by atoms with E-state index in [0.717, 1.165) is 16.7 Å². The molecule has 4 nitrogen and oxygen atoms in total. The van der Waals surface area contributed by atoms with Crippen LogP contribution in [0.1, 0.15) is 36.1 Å². The van der Waals surface area contributed by atoms with E-state index in [2.05, 4.69) is 11.4 Å². The van der Waals surface area contributed by atoms with Crippen molar-refractivity contribution in [1.29, 1.82) is 0 Å². The lowest BCUT2D eigenvalue weighted by molar-refractivity contribution is -0.153. The van der Waals surface area contributed by atoms with Crippen LogP contribution in [-0.4, -0.2) is 17.0 Å². The second-order valence-corrected chi connectivity index (χ2v) is 5.48. The van der Waals surface area contributed by atoms with Crippen LogP contribution in [0.15, 0.2) is 12.1 Å². The molecule has 0 heterocycles. The zero-order valence-electron chi connectivity index (χ0n) is 12.1. The van der Waals surface area contributed by atoms with Crippen molar-refractivity contribution in [2.24, 2.45) is 5.41 Å². The van der Waals surface area contributed by atoms with Crippen LogP contribution in [0.25, 0.3) is 0 Å². The predicted molar refractivity (Wildman–Crippen MR) is 73.9 cm³/mol. The molecule has 0 radical (unpaired) electrons. The average molecular weight is 263 g/mol. The number of rotatable bonds is 4. The van der Waals surface area contributed by atoms with Crippen molar-refractivity contribution in [3.8, 4) is 0 Å². The SMILES string of the molecule is Cc1cc(C)c(CNC(=O)C(C)(C)C(=O)O)cc1C. The van der Waals surface area contributed by atoms with Gasteiger partial charge in [-0.1, -0.05) is 12.1 Å². The van der Waals surface area contributed by atoms with Crippen molar-refractivity contribution in [3.05, 3.63) is 34.4 Å². The number of hydrogen-bond acceptors (Lipinski definition) is 2. The summed E-state index contributed by atoms with van der Waals surface area (Å²) in [6.45, 7) is 9.19. The molecular formula is C15H21NO3. The molecule has 104 valence electrons. The fourth-order valence-corrected chi connectivity index (χ4v) is 1.70. The van der Waals surface area contributed by atoms with Crippen molar-refractivity contribution >= 4 is 11.9 Å². The van der Waals surface area contributed by atoms with E-state index in [0.29, 0.717) is 6.54 Å². The van der Waals surface area contributed by atoms with E-state index in [4.69, 9.17) is 5.11 Å². The van der Waals surface area contributed by atoms with E-state index in [1.54, 1.807) is 0 Å². The molecule has 2 N–H and O–H groups in total. The lowest BCUT2D eigenvalue weighted by atomic mass is 9.92. The van der Waals surface area contributed by atoms with Crippen molar-refractivity contribution in [1.82, 2.24) is 5.32 Å². The number of aryl methyl sites for hydroxylation is 3. The fraction of sp³-hybridized carbons (Fsp3) is 0.467. The number of hydrogen-bond donors (Lipinski definition) is 2. The first-order valence-electron chi connectivity index (χ1n) is 6.24. The van der Waals surface area contributed by atoms with Crippen molar-refractivity contribution in [2.45, 2.75) is 41.2 Å². The molecule has 1 rings (SSSR count). The number of carbonyl (C=O) groups is 2. The minimum absolute atomic E-state index is 0.350. The monoisotopic (exact) mass is 263 g/mol. The van der Waals surface area contributed by atoms with Gasteiger partial charge in [0.05, 0.1) is 0 Å². The number of carbonyl (C=O) groups excluding carboxylic acids is 1. The summed E-state index contributed by atoms with van der Waals surface area (Å²) in [6, 6.07) is 4.10. The maximum Gasteiger partial charge on any atom is 0.318 e. The summed E-state index contributed by atoms with van der Waals surface area (Å²) in [5.74, 6) is -1.60. The molecule has 0 unspecified atom stereocenters. The van der Waals surface area contributed by atoms with Gasteiger partial charge in [-0.3, -0.25) is 9.59 Å². The Morgan fingerprint density at radius 1 is 1.11 bits per heavy atom. The summed E-state index contributed by atoms with van der Waals surface area (Å²) in [5, 5.41) is 11.7. The molecule has 1 aromatic carbocycles. The van der Waals surface area contributed by atoms with Gasteiger partial charge >= 0.3 is 5.97 Å². The summed E-state index contributed by atoms with van der Waals surface area (Å²) >= 11 is 0. The van der Waals surface area contributed by atoms with Crippen LogP contribution >= 0.6 is 0 Å². The number of carboxylic acids is 1. The second-order valence-electron chi connectivity index (χ2n) is 5.48. The molecule has 0 aliphatic carbocycles. The molecule has 0 atom stereocenters. The highest BCUT2D eigenvalue weighted by Gasteiger charge is 2.35. The molecule has 0 aromatic heterocycles. The molecule has 0 saturated carbocycles. The van der Waals surface area contributed by atoms with Gasteiger partial charge in [-0.05, 0) is 56.9 Å². The molecule has 1 amide bonds. The molecule has 19 heavy (non-hydrogen) atoms. The van der Waals surface area contributed by atoms with Gasteiger partial charge < -0.3 is 10.4 Å². The third kappa shape index (κ3) is 3.34. The summed E-state index contributed by atoms with van der Waals surface area (Å²) in [6.07, 6.45) is 0. The minimum atomic E-state index is -1.41. The molecule has 0 saturated heterocycles. The number of amides is 1. The van der Waals surface area contributed by atoms with E-state index < -0.39 is 17.3 Å². The van der Waals surface area contributed by atoms with E-state index in [1.807, 2.05) is 26.8 Å². The third-order valence-electron chi connectivity index (χ3n) is 3.49. The van der Waals surface area contributed by atoms with E-state index in [-0.39, 0.29) is 0 Å². The predicted octanol–water partition coefficient (Wildman–Crippen LogP) is 2.34. The Kier molecular flexibility index (Phi) is 4.35. The first kappa shape index (κ1) is 15.2. The van der Waals surface area contributed by atoms with Gasteiger partial charge in [0, 0.05) is 6.54 Å². The normalized spacial score (nSPS) is 11.2. The molecule has 0 aliphatic heterocycles. The Balaban J connectivity index is 2.81. The highest BCUT2D eigenvalue weighted by molar-refractivity contribution is 6.00. The maximum atomic E-state index is 11.9. The third-order valence-corrected chi connectivity index (χ3v) is 3.49. The largest absolute Gasteiger partial charge is 0.480 e. The standard InChI is InChI=1S/C15H21NO3/c1-9-6-11(3)12(7-10(9)2)8-16-13(17)15(4,5)14(18)19/h6-7H,8H2,1-5H3,(H,16,17)(H,18,19). The zero-order valence-corrected chi connectivity index (χ0v) is 12.1. The quantitative estimate of drug-likeness (QED) is 0.819. The van der Waals surface area contributed by atoms with Gasteiger partial charge in [-0.15, -0.1) is 0 Å². The fourth-order valence-electron chi connectivity index (χ4n) is 1.70. The lowest BCUT2D eigenvalue weighted by Gasteiger charge is -2.19. The van der Waals surface area contributed by atoms with Gasteiger partial charge in [0.1, 0.15) is 5.41 Å². The van der Waals surface area contributed by atoms with E-state index in [1.165, 1.54) is 19.4 Å². The Bertz CT molecular complexity index is 518. The lowest BCUT2D eigenvalue weighted by Crippen LogP contribution is -2.42. The summed E-state index contributed by atoms with van der Waals surface area (Å²) in [4.78, 5) is 22.8. The molecule has 0 aliphatic rings. The zero-order chi connectivity index (χ0) is 14.8. The van der Waals surface area contributed by atoms with E-state index in [9.17, 15) is 9.59 Å². The van der Waals surface area contributed by atoms with Crippen LogP contribution in [0.2, 0.25) is 0 Å². The molecule has 4 heteroatoms. The average Bonchev–Trinajstić information content (AvgIpc) is 2.31. The van der Waals surface area contributed by atoms with Crippen LogP contribution in [-0.2, 0) is 16.1 Å². The Morgan fingerprint density at radius 3 is 2.16 bits per heavy atom. The Labute approximate surface area is 113 Å². The van der Waals surface area contributed by atoms with Crippen LogP contribution in [0.5, 0.6) is 0 Å². The summed E-state index contributed by atoms with van der Waals surface area (Å²) < 4.78 is 0. The number of carboxylic acid groups (broad SMARTS) is 1. The Hall–Kier alpha value is -1.84.